The van der Waals surface area contributed by atoms with Crippen LogP contribution in [0.1, 0.15) is 81.0 Å². The lowest BCUT2D eigenvalue weighted by atomic mass is 9.75. The molecule has 0 saturated carbocycles. The lowest BCUT2D eigenvalue weighted by Gasteiger charge is -2.32. The van der Waals surface area contributed by atoms with Crippen molar-refractivity contribution in [3.05, 3.63) is 52.0 Å². The van der Waals surface area contributed by atoms with Crippen LogP contribution in [0.5, 0.6) is 11.5 Å². The molecule has 1 unspecified atom stereocenters. The first-order chi connectivity index (χ1) is 19.1. The summed E-state index contributed by atoms with van der Waals surface area (Å²) < 4.78 is 35.2. The minimum absolute atomic E-state index is 0.0953. The second-order valence-corrected chi connectivity index (χ2v) is 11.4. The van der Waals surface area contributed by atoms with Gasteiger partial charge >= 0.3 is 7.12 Å². The van der Waals surface area contributed by atoms with Gasteiger partial charge in [0.1, 0.15) is 24.4 Å². The van der Waals surface area contributed by atoms with Crippen LogP contribution in [0.25, 0.3) is 0 Å². The molecule has 10 heteroatoms. The summed E-state index contributed by atoms with van der Waals surface area (Å²) in [7, 11) is -0.594. The van der Waals surface area contributed by atoms with Crippen molar-refractivity contribution in [3.63, 3.8) is 0 Å². The molecule has 0 aliphatic carbocycles. The summed E-state index contributed by atoms with van der Waals surface area (Å²) in [6.45, 7) is 12.3. The molecular formula is C30H40BBrO8. The lowest BCUT2D eigenvalue weighted by molar-refractivity contribution is -0.165. The van der Waals surface area contributed by atoms with Gasteiger partial charge in [0.15, 0.2) is 12.6 Å². The van der Waals surface area contributed by atoms with Crippen LogP contribution in [-0.2, 0) is 18.8 Å². The van der Waals surface area contributed by atoms with Gasteiger partial charge in [0.2, 0.25) is 0 Å². The molecule has 40 heavy (non-hydrogen) atoms. The normalized spacial score (nSPS) is 19.4. The number of aldehydes is 2. The van der Waals surface area contributed by atoms with Gasteiger partial charge in [0.25, 0.3) is 0 Å². The Hall–Kier alpha value is -2.24. The highest BCUT2D eigenvalue weighted by Gasteiger charge is 2.53. The molecule has 2 aliphatic rings. The van der Waals surface area contributed by atoms with E-state index in [9.17, 15) is 9.59 Å². The van der Waals surface area contributed by atoms with E-state index in [0.29, 0.717) is 52.4 Å². The molecule has 0 radical (unpaired) electrons. The highest BCUT2D eigenvalue weighted by molar-refractivity contribution is 9.10. The maximum Gasteiger partial charge on any atom is 0.499 e. The molecule has 8 nitrogen and oxygen atoms in total. The SMILES string of the molecule is CCCOc1cccc(C=O)c1B1OC(C)(C)C(C)(C)O1.O=Cc1cccc(OCCOC2CCCCO2)c1Br. The molecule has 4 rings (SSSR count). The second-order valence-electron chi connectivity index (χ2n) is 10.6. The fourth-order valence-electron chi connectivity index (χ4n) is 4.12. The van der Waals surface area contributed by atoms with Crippen LogP contribution in [0.2, 0.25) is 0 Å². The summed E-state index contributed by atoms with van der Waals surface area (Å²) in [6.07, 6.45) is 5.63. The van der Waals surface area contributed by atoms with Crippen LogP contribution < -0.4 is 14.9 Å². The van der Waals surface area contributed by atoms with Crippen molar-refractivity contribution < 1.29 is 37.8 Å². The number of rotatable bonds is 11. The number of ether oxygens (including phenoxy) is 4. The summed E-state index contributed by atoms with van der Waals surface area (Å²) in [6, 6.07) is 10.7. The molecule has 2 aliphatic heterocycles. The summed E-state index contributed by atoms with van der Waals surface area (Å²) in [4.78, 5) is 22.2. The average molecular weight is 619 g/mol. The van der Waals surface area contributed by atoms with Crippen molar-refractivity contribution in [3.8, 4) is 11.5 Å². The molecule has 0 bridgehead atoms. The van der Waals surface area contributed by atoms with Crippen LogP contribution in [0.4, 0.5) is 0 Å². The first-order valence-corrected chi connectivity index (χ1v) is 14.6. The van der Waals surface area contributed by atoms with E-state index in [1.807, 2.05) is 52.8 Å². The third-order valence-electron chi connectivity index (χ3n) is 7.08. The summed E-state index contributed by atoms with van der Waals surface area (Å²) in [5.41, 5.74) is 0.904. The average Bonchev–Trinajstić information content (AvgIpc) is 3.17. The number of hydrogen-bond acceptors (Lipinski definition) is 8. The summed E-state index contributed by atoms with van der Waals surface area (Å²) >= 11 is 3.35. The predicted molar refractivity (Wildman–Crippen MR) is 158 cm³/mol. The first kappa shape index (κ1) is 32.3. The van der Waals surface area contributed by atoms with E-state index in [2.05, 4.69) is 15.9 Å². The zero-order chi connectivity index (χ0) is 29.2. The third-order valence-corrected chi connectivity index (χ3v) is 7.93. The molecule has 0 N–H and O–H groups in total. The standard InChI is InChI=1S/C16H23BO4.C14H17BrO4/c1-6-10-19-13-9-7-8-12(11-18)14(13)17-20-15(2,3)16(4,5)21-17;15-14-11(10-16)4-3-5-12(14)17-8-9-19-13-6-1-2-7-18-13/h7-9,11H,6,10H2,1-5H3;3-5,10,13H,1-2,6-9H2. The molecule has 2 aromatic carbocycles. The zero-order valence-corrected chi connectivity index (χ0v) is 25.7. The Labute approximate surface area is 246 Å². The van der Waals surface area contributed by atoms with Crippen molar-refractivity contribution in [2.24, 2.45) is 0 Å². The van der Waals surface area contributed by atoms with Gasteiger partial charge in [0, 0.05) is 23.2 Å². The monoisotopic (exact) mass is 618 g/mol. The topological polar surface area (TPSA) is 89.5 Å². The second kappa shape index (κ2) is 15.1. The van der Waals surface area contributed by atoms with Crippen LogP contribution in [0, 0.1) is 0 Å². The summed E-state index contributed by atoms with van der Waals surface area (Å²) in [5, 5.41) is 0. The van der Waals surface area contributed by atoms with Crippen molar-refractivity contribution >= 4 is 41.1 Å². The van der Waals surface area contributed by atoms with Gasteiger partial charge in [-0.05, 0) is 81.4 Å². The van der Waals surface area contributed by atoms with Crippen LogP contribution in [0.15, 0.2) is 40.9 Å². The minimum atomic E-state index is -0.594. The maximum atomic E-state index is 11.4. The van der Waals surface area contributed by atoms with Crippen LogP contribution in [0.3, 0.4) is 0 Å². The van der Waals surface area contributed by atoms with Crippen LogP contribution >= 0.6 is 15.9 Å². The number of carbonyl (C=O) groups is 2. The Morgan fingerprint density at radius 2 is 1.52 bits per heavy atom. The molecule has 1 atom stereocenters. The van der Waals surface area contributed by atoms with Gasteiger partial charge in [-0.25, -0.2) is 0 Å². The smallest absolute Gasteiger partial charge is 0.494 e. The van der Waals surface area contributed by atoms with E-state index < -0.39 is 18.3 Å². The maximum absolute atomic E-state index is 11.4. The van der Waals surface area contributed by atoms with Gasteiger partial charge in [-0.3, -0.25) is 9.59 Å². The summed E-state index contributed by atoms with van der Waals surface area (Å²) in [5.74, 6) is 1.30. The van der Waals surface area contributed by atoms with Gasteiger partial charge in [-0.15, -0.1) is 0 Å². The largest absolute Gasteiger partial charge is 0.499 e. The quantitative estimate of drug-likeness (QED) is 0.178. The first-order valence-electron chi connectivity index (χ1n) is 13.8. The molecule has 0 spiro atoms. The molecule has 218 valence electrons. The third kappa shape index (κ3) is 8.39. The fraction of sp³-hybridized carbons (Fsp3) is 0.533. The Balaban J connectivity index is 0.000000222. The van der Waals surface area contributed by atoms with Crippen molar-refractivity contribution in [2.75, 3.05) is 26.4 Å². The van der Waals surface area contributed by atoms with Gasteiger partial charge in [0.05, 0.1) is 28.9 Å². The Morgan fingerprint density at radius 3 is 2.12 bits per heavy atom. The van der Waals surface area contributed by atoms with Crippen molar-refractivity contribution in [2.45, 2.75) is 77.8 Å². The Kier molecular flexibility index (Phi) is 12.2. The number of halogens is 1. The molecule has 2 heterocycles. The van der Waals surface area contributed by atoms with Crippen molar-refractivity contribution in [1.29, 1.82) is 0 Å². The van der Waals surface area contributed by atoms with Crippen molar-refractivity contribution in [1.82, 2.24) is 0 Å². The van der Waals surface area contributed by atoms with E-state index in [0.717, 1.165) is 44.9 Å². The number of hydrogen-bond donors (Lipinski definition) is 0. The van der Waals surface area contributed by atoms with Gasteiger partial charge in [-0.1, -0.05) is 31.2 Å². The van der Waals surface area contributed by atoms with Gasteiger partial charge in [-0.2, -0.15) is 0 Å². The lowest BCUT2D eigenvalue weighted by Crippen LogP contribution is -2.41. The van der Waals surface area contributed by atoms with E-state index in [1.165, 1.54) is 0 Å². The van der Waals surface area contributed by atoms with E-state index in [-0.39, 0.29) is 6.29 Å². The molecule has 2 fully saturated rings. The van der Waals surface area contributed by atoms with E-state index in [4.69, 9.17) is 28.3 Å². The Bertz CT molecular complexity index is 1100. The highest BCUT2D eigenvalue weighted by Crippen LogP contribution is 2.37. The zero-order valence-electron chi connectivity index (χ0n) is 24.1. The number of benzene rings is 2. The molecule has 2 saturated heterocycles. The molecule has 0 aromatic heterocycles. The van der Waals surface area contributed by atoms with E-state index >= 15 is 0 Å². The van der Waals surface area contributed by atoms with E-state index in [1.54, 1.807) is 18.2 Å². The Morgan fingerprint density at radius 1 is 0.900 bits per heavy atom. The molecular weight excluding hydrogens is 579 g/mol. The fourth-order valence-corrected chi connectivity index (χ4v) is 4.59. The molecule has 0 amide bonds. The highest BCUT2D eigenvalue weighted by atomic mass is 79.9. The minimum Gasteiger partial charge on any atom is -0.494 e. The van der Waals surface area contributed by atoms with Gasteiger partial charge < -0.3 is 28.3 Å². The molecule has 2 aromatic rings. The number of carbonyl (C=O) groups excluding carboxylic acids is 2. The van der Waals surface area contributed by atoms with Crippen LogP contribution in [-0.4, -0.2) is 63.6 Å². The predicted octanol–water partition coefficient (Wildman–Crippen LogP) is 5.77.